The van der Waals surface area contributed by atoms with Gasteiger partial charge in [-0.3, -0.25) is 0 Å². The summed E-state index contributed by atoms with van der Waals surface area (Å²) in [7, 11) is 1.50. The van der Waals surface area contributed by atoms with Gasteiger partial charge < -0.3 is 9.84 Å². The van der Waals surface area contributed by atoms with Crippen molar-refractivity contribution in [2.24, 2.45) is 0 Å². The first-order valence-corrected chi connectivity index (χ1v) is 7.11. The first-order chi connectivity index (χ1) is 9.52. The van der Waals surface area contributed by atoms with E-state index in [1.54, 1.807) is 24.3 Å². The molecule has 0 saturated carbocycles. The van der Waals surface area contributed by atoms with Gasteiger partial charge in [-0.05, 0) is 48.2 Å². The van der Waals surface area contributed by atoms with Crippen LogP contribution in [0.5, 0.6) is 5.75 Å². The largest absolute Gasteiger partial charge is 0.496 e. The number of carbonyl (C=O) groups is 1. The Balaban J connectivity index is 2.60. The molecule has 1 aromatic carbocycles. The van der Waals surface area contributed by atoms with Crippen LogP contribution in [-0.2, 0) is 4.79 Å². The number of aryl methyl sites for hydroxylation is 1. The van der Waals surface area contributed by atoms with Gasteiger partial charge >= 0.3 is 5.97 Å². The Morgan fingerprint density at radius 1 is 1.40 bits per heavy atom. The maximum Gasteiger partial charge on any atom is 0.336 e. The number of ether oxygens (including phenoxy) is 1. The van der Waals surface area contributed by atoms with E-state index >= 15 is 0 Å². The van der Waals surface area contributed by atoms with Gasteiger partial charge in [0.2, 0.25) is 0 Å². The Labute approximate surface area is 126 Å². The molecule has 1 N–H and O–H groups in total. The van der Waals surface area contributed by atoms with Gasteiger partial charge in [-0.15, -0.1) is 11.3 Å². The third kappa shape index (κ3) is 3.03. The molecule has 0 bridgehead atoms. The van der Waals surface area contributed by atoms with Crippen LogP contribution < -0.4 is 4.74 Å². The molecular formula is C15H13ClO3S. The average molecular weight is 309 g/mol. The highest BCUT2D eigenvalue weighted by Gasteiger charge is 2.16. The van der Waals surface area contributed by atoms with Crippen molar-refractivity contribution >= 4 is 40.6 Å². The second-order valence-electron chi connectivity index (χ2n) is 4.18. The van der Waals surface area contributed by atoms with E-state index in [9.17, 15) is 9.90 Å². The highest BCUT2D eigenvalue weighted by molar-refractivity contribution is 7.11. The van der Waals surface area contributed by atoms with Crippen LogP contribution in [0.4, 0.5) is 0 Å². The van der Waals surface area contributed by atoms with Crippen LogP contribution in [-0.4, -0.2) is 18.2 Å². The third-order valence-electron chi connectivity index (χ3n) is 2.86. The van der Waals surface area contributed by atoms with Crippen LogP contribution in [0.2, 0.25) is 5.02 Å². The molecule has 0 aliphatic rings. The zero-order valence-electron chi connectivity index (χ0n) is 11.0. The molecule has 0 fully saturated rings. The summed E-state index contributed by atoms with van der Waals surface area (Å²) < 4.78 is 5.22. The van der Waals surface area contributed by atoms with E-state index in [0.29, 0.717) is 16.3 Å². The van der Waals surface area contributed by atoms with Crippen LogP contribution in [0.15, 0.2) is 29.6 Å². The third-order valence-corrected chi connectivity index (χ3v) is 4.06. The molecule has 0 aliphatic carbocycles. The van der Waals surface area contributed by atoms with Crippen molar-refractivity contribution in [1.29, 1.82) is 0 Å². The molecule has 0 saturated heterocycles. The number of hydrogen-bond donors (Lipinski definition) is 1. The lowest BCUT2D eigenvalue weighted by atomic mass is 10.0. The molecule has 0 radical (unpaired) electrons. The molecule has 0 aliphatic heterocycles. The van der Waals surface area contributed by atoms with Crippen molar-refractivity contribution in [2.45, 2.75) is 6.92 Å². The number of rotatable bonds is 4. The quantitative estimate of drug-likeness (QED) is 0.854. The Hall–Kier alpha value is -1.78. The molecular weight excluding hydrogens is 296 g/mol. The van der Waals surface area contributed by atoms with Gasteiger partial charge in [0, 0.05) is 15.5 Å². The number of carboxylic acid groups (broad SMARTS) is 1. The minimum atomic E-state index is -1.02. The molecule has 20 heavy (non-hydrogen) atoms. The standard InChI is InChI=1S/C15H13ClO3S/c1-9-5-6-20-14(9)8-12(15(17)18)11-7-10(16)3-4-13(11)19-2/h3-8H,1-2H3,(H,17,18)/b12-8-. The van der Waals surface area contributed by atoms with Crippen molar-refractivity contribution in [3.8, 4) is 5.75 Å². The SMILES string of the molecule is COc1ccc(Cl)cc1/C(=C/c1sccc1C)C(=O)O. The monoisotopic (exact) mass is 308 g/mol. The summed E-state index contributed by atoms with van der Waals surface area (Å²) in [5, 5.41) is 11.9. The van der Waals surface area contributed by atoms with Crippen LogP contribution in [0.3, 0.4) is 0 Å². The van der Waals surface area contributed by atoms with Crippen LogP contribution in [0.1, 0.15) is 16.0 Å². The van der Waals surface area contributed by atoms with E-state index in [1.165, 1.54) is 18.4 Å². The Kier molecular flexibility index (Phi) is 4.47. The Morgan fingerprint density at radius 2 is 2.15 bits per heavy atom. The fourth-order valence-electron chi connectivity index (χ4n) is 1.81. The number of methoxy groups -OCH3 is 1. The van der Waals surface area contributed by atoms with Gasteiger partial charge in [-0.2, -0.15) is 0 Å². The zero-order valence-corrected chi connectivity index (χ0v) is 12.6. The van der Waals surface area contributed by atoms with E-state index in [0.717, 1.165) is 10.4 Å². The normalized spacial score (nSPS) is 11.4. The summed E-state index contributed by atoms with van der Waals surface area (Å²) in [6.45, 7) is 1.94. The zero-order chi connectivity index (χ0) is 14.7. The summed E-state index contributed by atoms with van der Waals surface area (Å²) in [5.41, 5.74) is 1.67. The van der Waals surface area contributed by atoms with Crippen LogP contribution >= 0.6 is 22.9 Å². The second-order valence-corrected chi connectivity index (χ2v) is 5.56. The van der Waals surface area contributed by atoms with E-state index in [-0.39, 0.29) is 5.57 Å². The summed E-state index contributed by atoms with van der Waals surface area (Å²) >= 11 is 7.46. The van der Waals surface area contributed by atoms with Gasteiger partial charge in [-0.1, -0.05) is 11.6 Å². The van der Waals surface area contributed by atoms with Crippen molar-refractivity contribution in [3.63, 3.8) is 0 Å². The van der Waals surface area contributed by atoms with E-state index in [1.807, 2.05) is 18.4 Å². The molecule has 3 nitrogen and oxygen atoms in total. The molecule has 2 aromatic rings. The fourth-order valence-corrected chi connectivity index (χ4v) is 2.84. The Morgan fingerprint density at radius 3 is 2.70 bits per heavy atom. The fraction of sp³-hybridized carbons (Fsp3) is 0.133. The maximum atomic E-state index is 11.6. The lowest BCUT2D eigenvalue weighted by Crippen LogP contribution is -2.02. The molecule has 0 atom stereocenters. The van der Waals surface area contributed by atoms with E-state index in [4.69, 9.17) is 16.3 Å². The number of aliphatic carboxylic acids is 1. The van der Waals surface area contributed by atoms with Crippen molar-refractivity contribution in [2.75, 3.05) is 7.11 Å². The van der Waals surface area contributed by atoms with Gasteiger partial charge in [0.25, 0.3) is 0 Å². The molecule has 1 heterocycles. The summed E-state index contributed by atoms with van der Waals surface area (Å²) in [4.78, 5) is 12.5. The number of benzene rings is 1. The van der Waals surface area contributed by atoms with Gasteiger partial charge in [0.15, 0.2) is 0 Å². The van der Waals surface area contributed by atoms with E-state index in [2.05, 4.69) is 0 Å². The predicted molar refractivity (Wildman–Crippen MR) is 82.6 cm³/mol. The van der Waals surface area contributed by atoms with Crippen LogP contribution in [0, 0.1) is 6.92 Å². The smallest absolute Gasteiger partial charge is 0.336 e. The maximum absolute atomic E-state index is 11.6. The molecule has 0 spiro atoms. The highest BCUT2D eigenvalue weighted by atomic mass is 35.5. The lowest BCUT2D eigenvalue weighted by Gasteiger charge is -2.09. The van der Waals surface area contributed by atoms with Crippen LogP contribution in [0.25, 0.3) is 11.6 Å². The van der Waals surface area contributed by atoms with Crippen molar-refractivity contribution in [3.05, 3.63) is 50.7 Å². The average Bonchev–Trinajstić information content (AvgIpc) is 2.81. The topological polar surface area (TPSA) is 46.5 Å². The highest BCUT2D eigenvalue weighted by Crippen LogP contribution is 2.32. The minimum Gasteiger partial charge on any atom is -0.496 e. The summed E-state index contributed by atoms with van der Waals surface area (Å²) in [5.74, 6) is -0.532. The van der Waals surface area contributed by atoms with Gasteiger partial charge in [-0.25, -0.2) is 4.79 Å². The minimum absolute atomic E-state index is 0.162. The predicted octanol–water partition coefficient (Wildman–Crippen LogP) is 4.34. The molecule has 5 heteroatoms. The number of carboxylic acids is 1. The molecule has 0 amide bonds. The Bertz CT molecular complexity index is 674. The number of halogens is 1. The molecule has 1 aromatic heterocycles. The second kappa shape index (κ2) is 6.11. The molecule has 2 rings (SSSR count). The summed E-state index contributed by atoms with van der Waals surface area (Å²) in [6, 6.07) is 6.88. The first-order valence-electron chi connectivity index (χ1n) is 5.86. The first kappa shape index (κ1) is 14.6. The van der Waals surface area contributed by atoms with Crippen molar-refractivity contribution in [1.82, 2.24) is 0 Å². The van der Waals surface area contributed by atoms with Gasteiger partial charge in [0.05, 0.1) is 12.7 Å². The number of hydrogen-bond acceptors (Lipinski definition) is 3. The lowest BCUT2D eigenvalue weighted by molar-refractivity contribution is -0.130. The van der Waals surface area contributed by atoms with Crippen molar-refractivity contribution < 1.29 is 14.6 Å². The molecule has 0 unspecified atom stereocenters. The summed E-state index contributed by atoms with van der Waals surface area (Å²) in [6.07, 6.45) is 1.65. The van der Waals surface area contributed by atoms with E-state index < -0.39 is 5.97 Å². The van der Waals surface area contributed by atoms with Gasteiger partial charge in [0.1, 0.15) is 5.75 Å². The number of thiophene rings is 1. The molecule has 104 valence electrons.